The van der Waals surface area contributed by atoms with Gasteiger partial charge in [-0.25, -0.2) is 4.68 Å². The smallest absolute Gasteiger partial charge is 0.396 e. The van der Waals surface area contributed by atoms with Crippen molar-refractivity contribution < 1.29 is 13.2 Å². The maximum atomic E-state index is 12.4. The molecule has 1 aromatic carbocycles. The van der Waals surface area contributed by atoms with Gasteiger partial charge >= 0.3 is 6.18 Å². The van der Waals surface area contributed by atoms with Crippen molar-refractivity contribution in [3.05, 3.63) is 41.2 Å². The van der Waals surface area contributed by atoms with E-state index in [-0.39, 0.29) is 10.7 Å². The number of nitrogens with two attached hydrogens (primary N) is 1. The number of alkyl halides is 3. The fourth-order valence-electron chi connectivity index (χ4n) is 1.33. The lowest BCUT2D eigenvalue weighted by atomic mass is 10.3. The zero-order chi connectivity index (χ0) is 12.6. The molecule has 0 aliphatic heterocycles. The molecule has 0 atom stereocenters. The van der Waals surface area contributed by atoms with Crippen molar-refractivity contribution >= 4 is 17.3 Å². The molecule has 0 amide bonds. The highest BCUT2D eigenvalue weighted by atomic mass is 35.5. The number of para-hydroxylation sites is 1. The molecule has 0 radical (unpaired) electrons. The number of aromatic nitrogens is 2. The van der Waals surface area contributed by atoms with E-state index in [0.717, 1.165) is 10.7 Å². The van der Waals surface area contributed by atoms with Crippen LogP contribution in [0.1, 0.15) is 5.69 Å². The third-order valence-corrected chi connectivity index (χ3v) is 2.49. The molecular formula is C10H7ClF3N3. The highest BCUT2D eigenvalue weighted by Crippen LogP contribution is 2.30. The van der Waals surface area contributed by atoms with Gasteiger partial charge in [-0.3, -0.25) is 0 Å². The third kappa shape index (κ3) is 2.21. The lowest BCUT2D eigenvalue weighted by Crippen LogP contribution is -2.08. The Balaban J connectivity index is 2.48. The molecule has 90 valence electrons. The van der Waals surface area contributed by atoms with Gasteiger partial charge < -0.3 is 5.73 Å². The van der Waals surface area contributed by atoms with Crippen LogP contribution in [-0.4, -0.2) is 9.78 Å². The number of rotatable bonds is 1. The molecule has 0 fully saturated rings. The SMILES string of the molecule is Nc1c(Cl)cccc1-n1ccc(C(F)(F)F)n1. The third-order valence-electron chi connectivity index (χ3n) is 2.16. The summed E-state index contributed by atoms with van der Waals surface area (Å²) in [5.41, 5.74) is 5.18. The van der Waals surface area contributed by atoms with Gasteiger partial charge in [0.25, 0.3) is 0 Å². The Morgan fingerprint density at radius 3 is 2.53 bits per heavy atom. The van der Waals surface area contributed by atoms with Crippen LogP contribution in [0.3, 0.4) is 0 Å². The first-order valence-corrected chi connectivity index (χ1v) is 4.94. The number of nitrogen functional groups attached to an aromatic ring is 1. The summed E-state index contributed by atoms with van der Waals surface area (Å²) < 4.78 is 38.1. The summed E-state index contributed by atoms with van der Waals surface area (Å²) in [7, 11) is 0. The monoisotopic (exact) mass is 261 g/mol. The molecule has 0 aliphatic rings. The Labute approximate surface area is 99.6 Å². The predicted molar refractivity (Wildman–Crippen MR) is 58.0 cm³/mol. The maximum absolute atomic E-state index is 12.4. The van der Waals surface area contributed by atoms with E-state index in [0.29, 0.717) is 5.69 Å². The van der Waals surface area contributed by atoms with E-state index < -0.39 is 11.9 Å². The second kappa shape index (κ2) is 3.96. The minimum atomic E-state index is -4.47. The summed E-state index contributed by atoms with van der Waals surface area (Å²) >= 11 is 5.77. The van der Waals surface area contributed by atoms with Crippen LogP contribution in [0.15, 0.2) is 30.5 Å². The molecule has 1 aromatic heterocycles. The molecule has 0 saturated heterocycles. The number of hydrogen-bond donors (Lipinski definition) is 1. The Morgan fingerprint density at radius 1 is 1.24 bits per heavy atom. The highest BCUT2D eigenvalue weighted by Gasteiger charge is 2.33. The standard InChI is InChI=1S/C10H7ClF3N3/c11-6-2-1-3-7(9(6)15)17-5-4-8(16-17)10(12,13)14/h1-5H,15H2. The highest BCUT2D eigenvalue weighted by molar-refractivity contribution is 6.33. The van der Waals surface area contributed by atoms with Crippen molar-refractivity contribution in [1.82, 2.24) is 9.78 Å². The van der Waals surface area contributed by atoms with E-state index in [2.05, 4.69) is 5.10 Å². The lowest BCUT2D eigenvalue weighted by molar-refractivity contribution is -0.141. The molecule has 2 aromatic rings. The molecule has 1 heterocycles. The van der Waals surface area contributed by atoms with Gasteiger partial charge in [0.1, 0.15) is 0 Å². The largest absolute Gasteiger partial charge is 0.435 e. The van der Waals surface area contributed by atoms with E-state index >= 15 is 0 Å². The maximum Gasteiger partial charge on any atom is 0.435 e. The molecule has 0 bridgehead atoms. The molecule has 2 rings (SSSR count). The second-order valence-electron chi connectivity index (χ2n) is 3.32. The van der Waals surface area contributed by atoms with Crippen LogP contribution in [0.25, 0.3) is 5.69 Å². The summed E-state index contributed by atoms with van der Waals surface area (Å²) in [6, 6.07) is 5.55. The Kier molecular flexibility index (Phi) is 2.74. The van der Waals surface area contributed by atoms with Gasteiger partial charge in [0.2, 0.25) is 0 Å². The van der Waals surface area contributed by atoms with E-state index in [1.165, 1.54) is 12.3 Å². The topological polar surface area (TPSA) is 43.8 Å². The van der Waals surface area contributed by atoms with E-state index in [4.69, 9.17) is 17.3 Å². The van der Waals surface area contributed by atoms with Gasteiger partial charge in [0, 0.05) is 6.20 Å². The lowest BCUT2D eigenvalue weighted by Gasteiger charge is -2.07. The van der Waals surface area contributed by atoms with Crippen LogP contribution in [0.2, 0.25) is 5.02 Å². The van der Waals surface area contributed by atoms with Crippen molar-refractivity contribution in [3.8, 4) is 5.69 Å². The first kappa shape index (κ1) is 11.8. The van der Waals surface area contributed by atoms with Crippen LogP contribution in [-0.2, 0) is 6.18 Å². The van der Waals surface area contributed by atoms with E-state index in [1.807, 2.05) is 0 Å². The minimum Gasteiger partial charge on any atom is -0.396 e. The van der Waals surface area contributed by atoms with E-state index in [1.54, 1.807) is 12.1 Å². The summed E-state index contributed by atoms with van der Waals surface area (Å²) in [6.45, 7) is 0. The van der Waals surface area contributed by atoms with Crippen molar-refractivity contribution in [1.29, 1.82) is 0 Å². The molecule has 0 saturated carbocycles. The van der Waals surface area contributed by atoms with Crippen LogP contribution < -0.4 is 5.73 Å². The number of halogens is 4. The Bertz CT molecular complexity index is 548. The summed E-state index contributed by atoms with van der Waals surface area (Å²) in [5, 5.41) is 3.68. The van der Waals surface area contributed by atoms with Gasteiger partial charge in [-0.1, -0.05) is 17.7 Å². The van der Waals surface area contributed by atoms with Gasteiger partial charge in [-0.05, 0) is 18.2 Å². The number of nitrogens with zero attached hydrogens (tertiary/aromatic N) is 2. The normalized spacial score (nSPS) is 11.8. The summed E-state index contributed by atoms with van der Waals surface area (Å²) in [6.07, 6.45) is -3.29. The first-order valence-electron chi connectivity index (χ1n) is 4.57. The van der Waals surface area contributed by atoms with Crippen LogP contribution in [0.5, 0.6) is 0 Å². The Hall–Kier alpha value is -1.69. The molecule has 7 heteroatoms. The molecule has 3 nitrogen and oxygen atoms in total. The van der Waals surface area contributed by atoms with Crippen LogP contribution in [0.4, 0.5) is 18.9 Å². The van der Waals surface area contributed by atoms with Crippen LogP contribution >= 0.6 is 11.6 Å². The van der Waals surface area contributed by atoms with Gasteiger partial charge in [-0.2, -0.15) is 18.3 Å². The average molecular weight is 262 g/mol. The van der Waals surface area contributed by atoms with Crippen LogP contribution in [0, 0.1) is 0 Å². The fourth-order valence-corrected chi connectivity index (χ4v) is 1.50. The molecule has 17 heavy (non-hydrogen) atoms. The summed E-state index contributed by atoms with van der Waals surface area (Å²) in [4.78, 5) is 0. The zero-order valence-electron chi connectivity index (χ0n) is 8.37. The summed E-state index contributed by atoms with van der Waals surface area (Å²) in [5.74, 6) is 0. The number of anilines is 1. The quantitative estimate of drug-likeness (QED) is 0.802. The van der Waals surface area contributed by atoms with Gasteiger partial charge in [-0.15, -0.1) is 0 Å². The number of hydrogen-bond acceptors (Lipinski definition) is 2. The molecule has 2 N–H and O–H groups in total. The Morgan fingerprint density at radius 2 is 1.94 bits per heavy atom. The minimum absolute atomic E-state index is 0.186. The van der Waals surface area contributed by atoms with Crippen molar-refractivity contribution in [2.45, 2.75) is 6.18 Å². The molecule has 0 spiro atoms. The second-order valence-corrected chi connectivity index (χ2v) is 3.72. The number of benzene rings is 1. The van der Waals surface area contributed by atoms with Crippen molar-refractivity contribution in [3.63, 3.8) is 0 Å². The van der Waals surface area contributed by atoms with Gasteiger partial charge in [0.15, 0.2) is 5.69 Å². The van der Waals surface area contributed by atoms with Crippen molar-refractivity contribution in [2.75, 3.05) is 5.73 Å². The first-order chi connectivity index (χ1) is 7.89. The van der Waals surface area contributed by atoms with Gasteiger partial charge in [0.05, 0.1) is 16.4 Å². The van der Waals surface area contributed by atoms with E-state index in [9.17, 15) is 13.2 Å². The van der Waals surface area contributed by atoms with Crippen molar-refractivity contribution in [2.24, 2.45) is 0 Å². The molecule has 0 aliphatic carbocycles. The fraction of sp³-hybridized carbons (Fsp3) is 0.100. The average Bonchev–Trinajstić information content (AvgIpc) is 2.70. The molecule has 0 unspecified atom stereocenters. The zero-order valence-corrected chi connectivity index (χ0v) is 9.13. The predicted octanol–water partition coefficient (Wildman–Crippen LogP) is 3.13. The molecular weight excluding hydrogens is 255 g/mol.